The maximum atomic E-state index is 13.7. The zero-order valence-corrected chi connectivity index (χ0v) is 18.0. The van der Waals surface area contributed by atoms with Crippen molar-refractivity contribution in [3.63, 3.8) is 0 Å². The third-order valence-corrected chi connectivity index (χ3v) is 5.76. The van der Waals surface area contributed by atoms with E-state index < -0.39 is 17.3 Å². The summed E-state index contributed by atoms with van der Waals surface area (Å²) >= 11 is 0. The quantitative estimate of drug-likeness (QED) is 0.491. The van der Waals surface area contributed by atoms with Crippen LogP contribution in [0.2, 0.25) is 0 Å². The number of aldehydes is 1. The molecular formula is C26H23F3N2O. The molecule has 1 unspecified atom stereocenters. The number of aromatic nitrogens is 1. The molecule has 0 saturated heterocycles. The summed E-state index contributed by atoms with van der Waals surface area (Å²) < 4.78 is 41.1. The molecule has 0 aliphatic carbocycles. The Morgan fingerprint density at radius 2 is 1.72 bits per heavy atom. The molecule has 1 aromatic heterocycles. The van der Waals surface area contributed by atoms with Crippen LogP contribution in [0, 0.1) is 0 Å². The summed E-state index contributed by atoms with van der Waals surface area (Å²) in [7, 11) is 0. The lowest BCUT2D eigenvalue weighted by atomic mass is 9.81. The van der Waals surface area contributed by atoms with Gasteiger partial charge in [-0.3, -0.25) is 9.78 Å². The molecule has 0 fully saturated rings. The van der Waals surface area contributed by atoms with Crippen molar-refractivity contribution in [2.24, 2.45) is 0 Å². The monoisotopic (exact) mass is 436 g/mol. The average molecular weight is 436 g/mol. The second-order valence-corrected chi connectivity index (χ2v) is 8.92. The van der Waals surface area contributed by atoms with Gasteiger partial charge in [-0.2, -0.15) is 13.2 Å². The second kappa shape index (κ2) is 7.62. The molecule has 0 bridgehead atoms. The van der Waals surface area contributed by atoms with Gasteiger partial charge in [0.25, 0.3) is 0 Å². The highest BCUT2D eigenvalue weighted by atomic mass is 19.4. The van der Waals surface area contributed by atoms with Crippen LogP contribution in [0.1, 0.15) is 37.5 Å². The van der Waals surface area contributed by atoms with E-state index in [1.165, 1.54) is 12.3 Å². The van der Waals surface area contributed by atoms with Gasteiger partial charge in [-0.05, 0) is 46.5 Å². The molecule has 2 heterocycles. The largest absolute Gasteiger partial charge is 0.418 e. The van der Waals surface area contributed by atoms with E-state index in [0.717, 1.165) is 17.9 Å². The van der Waals surface area contributed by atoms with Gasteiger partial charge in [0, 0.05) is 17.1 Å². The number of pyridine rings is 1. The molecule has 6 heteroatoms. The van der Waals surface area contributed by atoms with Gasteiger partial charge in [0.05, 0.1) is 11.1 Å². The molecule has 1 aliphatic heterocycles. The van der Waals surface area contributed by atoms with Gasteiger partial charge in [0.2, 0.25) is 0 Å². The van der Waals surface area contributed by atoms with E-state index in [0.29, 0.717) is 22.1 Å². The Morgan fingerprint density at radius 3 is 2.28 bits per heavy atom. The Bertz CT molecular complexity index is 1230. The Kier molecular flexibility index (Phi) is 5.19. The van der Waals surface area contributed by atoms with Gasteiger partial charge in [-0.25, -0.2) is 0 Å². The zero-order valence-electron chi connectivity index (χ0n) is 18.0. The summed E-state index contributed by atoms with van der Waals surface area (Å²) in [5, 5.41) is 3.40. The van der Waals surface area contributed by atoms with Gasteiger partial charge in [-0.15, -0.1) is 0 Å². The number of fused-ring (bicyclic) bond motifs is 1. The lowest BCUT2D eigenvalue weighted by Crippen LogP contribution is -2.40. The number of carbonyl (C=O) groups excluding carboxylic acids is 1. The number of nitrogens with one attached hydrogen (secondary N) is 1. The highest BCUT2D eigenvalue weighted by molar-refractivity contribution is 5.99. The van der Waals surface area contributed by atoms with E-state index in [-0.39, 0.29) is 10.9 Å². The fourth-order valence-corrected chi connectivity index (χ4v) is 4.01. The highest BCUT2D eigenvalue weighted by Gasteiger charge is 2.36. The first-order valence-corrected chi connectivity index (χ1v) is 10.3. The lowest BCUT2D eigenvalue weighted by Gasteiger charge is -2.30. The Balaban J connectivity index is 2.06. The van der Waals surface area contributed by atoms with Crippen molar-refractivity contribution >= 4 is 17.2 Å². The number of hydrogen-bond donors (Lipinski definition) is 1. The van der Waals surface area contributed by atoms with E-state index in [1.807, 2.05) is 24.3 Å². The minimum absolute atomic E-state index is 0.0758. The number of hydrogen-bond acceptors (Lipinski definition) is 3. The van der Waals surface area contributed by atoms with Crippen LogP contribution in [-0.4, -0.2) is 11.3 Å². The van der Waals surface area contributed by atoms with Crippen molar-refractivity contribution in [3.8, 4) is 11.1 Å². The molecule has 1 N–H and O–H groups in total. The molecule has 3 aromatic rings. The van der Waals surface area contributed by atoms with Crippen LogP contribution in [0.5, 0.6) is 0 Å². The van der Waals surface area contributed by atoms with Crippen molar-refractivity contribution in [2.75, 3.05) is 0 Å². The summed E-state index contributed by atoms with van der Waals surface area (Å²) in [5.41, 5.74) is 0.586. The molecule has 0 amide bonds. The van der Waals surface area contributed by atoms with Crippen molar-refractivity contribution in [1.82, 2.24) is 10.3 Å². The van der Waals surface area contributed by atoms with Crippen molar-refractivity contribution in [1.29, 1.82) is 0 Å². The second-order valence-electron chi connectivity index (χ2n) is 8.92. The summed E-state index contributed by atoms with van der Waals surface area (Å²) in [5.74, 6) is 0. The smallest absolute Gasteiger partial charge is 0.372 e. The van der Waals surface area contributed by atoms with Crippen LogP contribution < -0.4 is 5.32 Å². The first kappa shape index (κ1) is 21.8. The van der Waals surface area contributed by atoms with Crippen LogP contribution in [0.15, 0.2) is 73.1 Å². The average Bonchev–Trinajstić information content (AvgIpc) is 2.77. The van der Waals surface area contributed by atoms with Gasteiger partial charge >= 0.3 is 6.18 Å². The maximum absolute atomic E-state index is 13.7. The minimum atomic E-state index is -4.55. The Morgan fingerprint density at radius 1 is 1.00 bits per heavy atom. The van der Waals surface area contributed by atoms with Crippen LogP contribution >= 0.6 is 0 Å². The van der Waals surface area contributed by atoms with E-state index >= 15 is 0 Å². The summed E-state index contributed by atoms with van der Waals surface area (Å²) in [4.78, 5) is 16.4. The van der Waals surface area contributed by atoms with Crippen LogP contribution in [0.4, 0.5) is 13.2 Å². The Hall–Kier alpha value is -3.41. The number of halogens is 3. The number of allylic oxidation sites excluding steroid dienone is 2. The summed E-state index contributed by atoms with van der Waals surface area (Å²) in [6, 6.07) is 11.7. The molecule has 2 aromatic carbocycles. The minimum Gasteiger partial charge on any atom is -0.372 e. The predicted molar refractivity (Wildman–Crippen MR) is 120 cm³/mol. The van der Waals surface area contributed by atoms with Crippen molar-refractivity contribution < 1.29 is 18.0 Å². The molecule has 164 valence electrons. The third-order valence-electron chi connectivity index (χ3n) is 5.76. The van der Waals surface area contributed by atoms with Gasteiger partial charge < -0.3 is 5.32 Å². The number of nitrogens with zero attached hydrogens (tertiary/aromatic N) is 1. The number of dihydropyridines is 1. The molecule has 0 spiro atoms. The number of para-hydroxylation sites is 1. The van der Waals surface area contributed by atoms with E-state index in [4.69, 9.17) is 0 Å². The third kappa shape index (κ3) is 3.70. The summed E-state index contributed by atoms with van der Waals surface area (Å²) in [6.07, 6.45) is 4.37. The standard InChI is InChI=1S/C26H23F3N2O/c1-24(2,3)18-11-9-17(10-12-18)22-19-7-6-8-20(26(27,28)29)23(19)30-15-21(22)25(16-32)13-4-5-14-31-25/h4-16,31H,1-3H3. The maximum Gasteiger partial charge on any atom is 0.418 e. The molecule has 32 heavy (non-hydrogen) atoms. The van der Waals surface area contributed by atoms with Crippen molar-refractivity contribution in [3.05, 3.63) is 89.8 Å². The first-order valence-electron chi connectivity index (χ1n) is 10.3. The highest BCUT2D eigenvalue weighted by Crippen LogP contribution is 2.41. The Labute approximate surface area is 184 Å². The van der Waals surface area contributed by atoms with Gasteiger partial charge in [-0.1, -0.05) is 63.2 Å². The number of benzene rings is 2. The molecular weight excluding hydrogens is 413 g/mol. The molecule has 0 radical (unpaired) electrons. The van der Waals surface area contributed by atoms with E-state index in [9.17, 15) is 18.0 Å². The first-order chi connectivity index (χ1) is 15.1. The topological polar surface area (TPSA) is 42.0 Å². The lowest BCUT2D eigenvalue weighted by molar-refractivity contribution is -0.136. The molecule has 4 rings (SSSR count). The SMILES string of the molecule is CC(C)(C)c1ccc(-c2c(C3(C=O)C=CC=CN3)cnc3c(C(F)(F)F)cccc23)cc1. The molecule has 1 atom stereocenters. The number of alkyl halides is 3. The fourth-order valence-electron chi connectivity index (χ4n) is 4.01. The zero-order chi connectivity index (χ0) is 23.1. The fraction of sp³-hybridized carbons (Fsp3) is 0.231. The predicted octanol–water partition coefficient (Wildman–Crippen LogP) is 6.29. The molecule has 0 saturated carbocycles. The molecule has 1 aliphatic rings. The normalized spacial score (nSPS) is 18.6. The van der Waals surface area contributed by atoms with Crippen LogP contribution in [0.3, 0.4) is 0 Å². The summed E-state index contributed by atoms with van der Waals surface area (Å²) in [6.45, 7) is 6.28. The van der Waals surface area contributed by atoms with Gasteiger partial charge in [0.1, 0.15) is 5.54 Å². The van der Waals surface area contributed by atoms with Crippen LogP contribution in [-0.2, 0) is 21.9 Å². The van der Waals surface area contributed by atoms with Gasteiger partial charge in [0.15, 0.2) is 6.29 Å². The number of rotatable bonds is 3. The van der Waals surface area contributed by atoms with E-state index in [1.54, 1.807) is 30.5 Å². The van der Waals surface area contributed by atoms with Crippen LogP contribution in [0.25, 0.3) is 22.0 Å². The van der Waals surface area contributed by atoms with E-state index in [2.05, 4.69) is 31.1 Å². The number of carbonyl (C=O) groups is 1. The molecule has 3 nitrogen and oxygen atoms in total. The van der Waals surface area contributed by atoms with Crippen molar-refractivity contribution in [2.45, 2.75) is 37.9 Å².